The Morgan fingerprint density at radius 3 is 2.76 bits per heavy atom. The van der Waals surface area contributed by atoms with Crippen molar-refractivity contribution in [2.75, 3.05) is 11.3 Å². The van der Waals surface area contributed by atoms with E-state index in [1.54, 1.807) is 30.7 Å². The van der Waals surface area contributed by atoms with E-state index in [9.17, 15) is 8.42 Å². The number of nitrogens with zero attached hydrogens (tertiary/aromatic N) is 3. The number of aromatic nitrogens is 3. The molecule has 21 heavy (non-hydrogen) atoms. The highest BCUT2D eigenvalue weighted by Gasteiger charge is 2.19. The topological polar surface area (TPSA) is 97.1 Å². The minimum absolute atomic E-state index is 0.0730. The third-order valence-electron chi connectivity index (χ3n) is 2.65. The first-order valence-corrected chi connectivity index (χ1v) is 7.50. The maximum absolute atomic E-state index is 12.2. The summed E-state index contributed by atoms with van der Waals surface area (Å²) in [5.74, 6) is 5.79. The van der Waals surface area contributed by atoms with Crippen LogP contribution in [-0.4, -0.2) is 34.7 Å². The van der Waals surface area contributed by atoms with Crippen LogP contribution >= 0.6 is 0 Å². The zero-order valence-corrected chi connectivity index (χ0v) is 12.3. The quantitative estimate of drug-likeness (QED) is 0.793. The molecule has 0 unspecified atom stereocenters. The Morgan fingerprint density at radius 1 is 1.38 bits per heavy atom. The summed E-state index contributed by atoms with van der Waals surface area (Å²) in [5, 5.41) is 8.56. The first-order chi connectivity index (χ1) is 9.92. The van der Waals surface area contributed by atoms with Gasteiger partial charge in [-0.25, -0.2) is 9.97 Å². The Hall–Kier alpha value is -2.37. The number of aryl methyl sites for hydroxylation is 2. The lowest BCUT2D eigenvalue weighted by Crippen LogP contribution is -2.14. The van der Waals surface area contributed by atoms with E-state index in [0.29, 0.717) is 11.5 Å². The Bertz CT molecular complexity index is 796. The Labute approximate surface area is 122 Å². The van der Waals surface area contributed by atoms with Gasteiger partial charge in [0.15, 0.2) is 5.03 Å². The molecule has 0 bridgehead atoms. The molecule has 2 heterocycles. The van der Waals surface area contributed by atoms with E-state index >= 15 is 0 Å². The molecule has 0 fully saturated rings. The predicted octanol–water partition coefficient (Wildman–Crippen LogP) is 0.268. The van der Waals surface area contributed by atoms with Crippen molar-refractivity contribution in [2.45, 2.75) is 11.9 Å². The van der Waals surface area contributed by atoms with E-state index in [4.69, 9.17) is 5.11 Å². The molecular formula is C13H14N4O3S. The number of hydrogen-bond donors (Lipinski definition) is 2. The predicted molar refractivity (Wildman–Crippen MR) is 77.0 cm³/mol. The van der Waals surface area contributed by atoms with Crippen LogP contribution in [0.25, 0.3) is 0 Å². The summed E-state index contributed by atoms with van der Waals surface area (Å²) in [6.07, 6.45) is 1.42. The molecule has 0 saturated heterocycles. The average molecular weight is 306 g/mol. The molecular weight excluding hydrogens is 292 g/mol. The summed E-state index contributed by atoms with van der Waals surface area (Å²) in [6.45, 7) is 1.42. The lowest BCUT2D eigenvalue weighted by molar-refractivity contribution is 0.350. The van der Waals surface area contributed by atoms with Crippen molar-refractivity contribution in [2.24, 2.45) is 7.05 Å². The van der Waals surface area contributed by atoms with E-state index in [2.05, 4.69) is 26.5 Å². The molecule has 0 radical (unpaired) electrons. The molecule has 0 aliphatic carbocycles. The summed E-state index contributed by atoms with van der Waals surface area (Å²) in [5.41, 5.74) is 0.362. The van der Waals surface area contributed by atoms with Gasteiger partial charge in [0, 0.05) is 13.2 Å². The highest BCUT2D eigenvalue weighted by atomic mass is 32.2. The zero-order chi connectivity index (χ0) is 15.5. The van der Waals surface area contributed by atoms with Gasteiger partial charge < -0.3 is 9.67 Å². The van der Waals surface area contributed by atoms with Gasteiger partial charge in [-0.2, -0.15) is 8.42 Å². The first kappa shape index (κ1) is 15.0. The lowest BCUT2D eigenvalue weighted by atomic mass is 10.3. The third kappa shape index (κ3) is 3.59. The van der Waals surface area contributed by atoms with Crippen LogP contribution in [0.3, 0.4) is 0 Å². The second kappa shape index (κ2) is 5.95. The molecule has 0 saturated carbocycles. The molecule has 8 heteroatoms. The van der Waals surface area contributed by atoms with Crippen molar-refractivity contribution in [3.05, 3.63) is 35.9 Å². The summed E-state index contributed by atoms with van der Waals surface area (Å²) in [4.78, 5) is 8.01. The van der Waals surface area contributed by atoms with Crippen molar-refractivity contribution < 1.29 is 13.5 Å². The van der Waals surface area contributed by atoms with Crippen LogP contribution in [0, 0.1) is 18.8 Å². The molecule has 0 atom stereocenters. The minimum atomic E-state index is -3.79. The Morgan fingerprint density at radius 2 is 2.14 bits per heavy atom. The van der Waals surface area contributed by atoms with Crippen LogP contribution in [0.1, 0.15) is 11.5 Å². The zero-order valence-electron chi connectivity index (χ0n) is 11.5. The van der Waals surface area contributed by atoms with Gasteiger partial charge in [0.1, 0.15) is 23.9 Å². The van der Waals surface area contributed by atoms with E-state index in [0.717, 1.165) is 0 Å². The van der Waals surface area contributed by atoms with Gasteiger partial charge in [-0.05, 0) is 25.0 Å². The number of pyridine rings is 1. The molecule has 2 N–H and O–H groups in total. The van der Waals surface area contributed by atoms with Gasteiger partial charge in [0.25, 0.3) is 10.0 Å². The number of rotatable bonds is 3. The number of imidazole rings is 1. The van der Waals surface area contributed by atoms with Crippen molar-refractivity contribution in [3.8, 4) is 11.8 Å². The van der Waals surface area contributed by atoms with Crippen LogP contribution in [0.2, 0.25) is 0 Å². The Kier molecular flexibility index (Phi) is 4.26. The molecule has 0 aromatic carbocycles. The molecule has 110 valence electrons. The normalized spacial score (nSPS) is 10.8. The van der Waals surface area contributed by atoms with Gasteiger partial charge >= 0.3 is 0 Å². The van der Waals surface area contributed by atoms with Crippen molar-refractivity contribution in [3.63, 3.8) is 0 Å². The van der Waals surface area contributed by atoms with Crippen LogP contribution in [0.5, 0.6) is 0 Å². The van der Waals surface area contributed by atoms with E-state index in [1.165, 1.54) is 12.3 Å². The van der Waals surface area contributed by atoms with Crippen molar-refractivity contribution in [1.82, 2.24) is 14.5 Å². The fourth-order valence-electron chi connectivity index (χ4n) is 1.54. The molecule has 2 aromatic heterocycles. The van der Waals surface area contributed by atoms with Gasteiger partial charge in [-0.3, -0.25) is 4.72 Å². The Balaban J connectivity index is 2.28. The molecule has 0 spiro atoms. The number of hydrogen-bond acceptors (Lipinski definition) is 5. The van der Waals surface area contributed by atoms with Crippen LogP contribution in [0.15, 0.2) is 29.4 Å². The largest absolute Gasteiger partial charge is 0.384 e. The molecule has 0 amide bonds. The fraction of sp³-hybridized carbons (Fsp3) is 0.231. The standard InChI is InChI=1S/C13H14N4O3S/c1-10-14-13(9-17(10)2)21(19,20)16-12-7-3-5-11(15-12)6-4-8-18/h3,5,7,9,18H,8H2,1-2H3,(H,15,16). The highest BCUT2D eigenvalue weighted by Crippen LogP contribution is 2.13. The van der Waals surface area contributed by atoms with Crippen LogP contribution in [-0.2, 0) is 17.1 Å². The van der Waals surface area contributed by atoms with E-state index in [1.807, 2.05) is 0 Å². The second-order valence-corrected chi connectivity index (χ2v) is 5.84. The lowest BCUT2D eigenvalue weighted by Gasteiger charge is -2.04. The summed E-state index contributed by atoms with van der Waals surface area (Å²) in [6, 6.07) is 4.75. The number of aliphatic hydroxyl groups is 1. The molecule has 2 rings (SSSR count). The van der Waals surface area contributed by atoms with Gasteiger partial charge in [-0.15, -0.1) is 0 Å². The van der Waals surface area contributed by atoms with Crippen LogP contribution < -0.4 is 4.72 Å². The first-order valence-electron chi connectivity index (χ1n) is 6.02. The average Bonchev–Trinajstić information content (AvgIpc) is 2.77. The SMILES string of the molecule is Cc1nc(S(=O)(=O)Nc2cccc(C#CCO)n2)cn1C. The summed E-state index contributed by atoms with van der Waals surface area (Å²) >= 11 is 0. The number of sulfonamides is 1. The van der Waals surface area contributed by atoms with Crippen molar-refractivity contribution >= 4 is 15.8 Å². The van der Waals surface area contributed by atoms with Crippen LogP contribution in [0.4, 0.5) is 5.82 Å². The smallest absolute Gasteiger partial charge is 0.282 e. The second-order valence-electron chi connectivity index (χ2n) is 4.21. The van der Waals surface area contributed by atoms with Crippen molar-refractivity contribution in [1.29, 1.82) is 0 Å². The number of aliphatic hydroxyl groups excluding tert-OH is 1. The third-order valence-corrected chi connectivity index (χ3v) is 3.87. The van der Waals surface area contributed by atoms with Gasteiger partial charge in [0.2, 0.25) is 0 Å². The number of anilines is 1. The van der Waals surface area contributed by atoms with Gasteiger partial charge in [-0.1, -0.05) is 12.0 Å². The maximum Gasteiger partial charge on any atom is 0.282 e. The molecule has 2 aromatic rings. The van der Waals surface area contributed by atoms with E-state index < -0.39 is 10.0 Å². The fourth-order valence-corrected chi connectivity index (χ4v) is 2.58. The van der Waals surface area contributed by atoms with Gasteiger partial charge in [0.05, 0.1) is 0 Å². The minimum Gasteiger partial charge on any atom is -0.384 e. The number of nitrogens with one attached hydrogen (secondary N) is 1. The highest BCUT2D eigenvalue weighted by molar-refractivity contribution is 7.92. The maximum atomic E-state index is 12.2. The summed E-state index contributed by atoms with van der Waals surface area (Å²) < 4.78 is 28.3. The van der Waals surface area contributed by atoms with E-state index in [-0.39, 0.29) is 17.5 Å². The monoisotopic (exact) mass is 306 g/mol. The molecule has 7 nitrogen and oxygen atoms in total. The molecule has 0 aliphatic rings. The molecule has 0 aliphatic heterocycles. The summed E-state index contributed by atoms with van der Waals surface area (Å²) in [7, 11) is -2.08.